The van der Waals surface area contributed by atoms with Crippen LogP contribution in [0.1, 0.15) is 10.4 Å². The number of ether oxygens (including phenoxy) is 1. The van der Waals surface area contributed by atoms with Gasteiger partial charge in [0.25, 0.3) is 0 Å². The maximum Gasteiger partial charge on any atom is 0.489 e. The maximum atomic E-state index is 13.1. The highest BCUT2D eigenvalue weighted by molar-refractivity contribution is 6.60. The molecule has 0 amide bonds. The van der Waals surface area contributed by atoms with E-state index in [0.29, 0.717) is 0 Å². The van der Waals surface area contributed by atoms with Crippen LogP contribution in [-0.2, 0) is 4.74 Å². The molecule has 0 radical (unpaired) electrons. The first kappa shape index (κ1) is 10.7. The van der Waals surface area contributed by atoms with Crippen LogP contribution in [0.25, 0.3) is 0 Å². The lowest BCUT2D eigenvalue weighted by molar-refractivity contribution is 0.0596. The van der Waals surface area contributed by atoms with Gasteiger partial charge in [-0.15, -0.1) is 0 Å². The number of halogens is 1. The summed E-state index contributed by atoms with van der Waals surface area (Å²) in [7, 11) is -0.817. The van der Waals surface area contributed by atoms with Gasteiger partial charge in [0, 0.05) is 0 Å². The van der Waals surface area contributed by atoms with Gasteiger partial charge in [0.1, 0.15) is 5.82 Å². The van der Waals surface area contributed by atoms with Gasteiger partial charge in [0.15, 0.2) is 0 Å². The molecule has 1 rings (SSSR count). The van der Waals surface area contributed by atoms with Crippen LogP contribution in [0.2, 0.25) is 0 Å². The van der Waals surface area contributed by atoms with E-state index in [2.05, 4.69) is 4.74 Å². The van der Waals surface area contributed by atoms with E-state index in [0.717, 1.165) is 13.2 Å². The van der Waals surface area contributed by atoms with Crippen molar-refractivity contribution in [2.75, 3.05) is 7.11 Å². The molecule has 0 aliphatic rings. The Balaban J connectivity index is 3.29. The molecule has 4 nitrogen and oxygen atoms in total. The molecule has 0 atom stereocenters. The van der Waals surface area contributed by atoms with Gasteiger partial charge < -0.3 is 14.8 Å². The third-order valence-corrected chi connectivity index (χ3v) is 1.71. The number of carbonyl (C=O) groups is 1. The molecule has 0 aliphatic carbocycles. The SMILES string of the molecule is COC(=O)c1c(F)cccc1B(O)O. The molecule has 0 bridgehead atoms. The lowest BCUT2D eigenvalue weighted by Crippen LogP contribution is -2.35. The zero-order chi connectivity index (χ0) is 10.7. The summed E-state index contributed by atoms with van der Waals surface area (Å²) in [5, 5.41) is 17.7. The molecule has 14 heavy (non-hydrogen) atoms. The quantitative estimate of drug-likeness (QED) is 0.486. The highest BCUT2D eigenvalue weighted by Crippen LogP contribution is 2.06. The number of benzene rings is 1. The fourth-order valence-electron chi connectivity index (χ4n) is 1.07. The van der Waals surface area contributed by atoms with Gasteiger partial charge in [-0.25, -0.2) is 9.18 Å². The van der Waals surface area contributed by atoms with Gasteiger partial charge in [-0.2, -0.15) is 0 Å². The van der Waals surface area contributed by atoms with Gasteiger partial charge in [0.2, 0.25) is 0 Å². The Bertz CT molecular complexity index is 353. The third kappa shape index (κ3) is 1.91. The van der Waals surface area contributed by atoms with Gasteiger partial charge in [-0.3, -0.25) is 0 Å². The van der Waals surface area contributed by atoms with Crippen LogP contribution < -0.4 is 5.46 Å². The van der Waals surface area contributed by atoms with E-state index in [1.807, 2.05) is 0 Å². The van der Waals surface area contributed by atoms with Crippen molar-refractivity contribution in [2.45, 2.75) is 0 Å². The largest absolute Gasteiger partial charge is 0.489 e. The number of esters is 1. The topological polar surface area (TPSA) is 66.8 Å². The Labute approximate surface area is 80.1 Å². The number of carbonyl (C=O) groups excluding carboxylic acids is 1. The molecule has 74 valence electrons. The van der Waals surface area contributed by atoms with E-state index < -0.39 is 24.5 Å². The van der Waals surface area contributed by atoms with Crippen molar-refractivity contribution in [3.8, 4) is 0 Å². The van der Waals surface area contributed by atoms with Gasteiger partial charge in [-0.1, -0.05) is 12.1 Å². The Hall–Kier alpha value is -1.40. The van der Waals surface area contributed by atoms with E-state index in [9.17, 15) is 9.18 Å². The zero-order valence-corrected chi connectivity index (χ0v) is 7.40. The summed E-state index contributed by atoms with van der Waals surface area (Å²) in [5.74, 6) is -1.78. The summed E-state index contributed by atoms with van der Waals surface area (Å²) in [6, 6.07) is 3.55. The first-order chi connectivity index (χ1) is 6.57. The van der Waals surface area contributed by atoms with Crippen LogP contribution in [0.4, 0.5) is 4.39 Å². The Morgan fingerprint density at radius 2 is 2.14 bits per heavy atom. The van der Waals surface area contributed by atoms with E-state index in [4.69, 9.17) is 10.0 Å². The minimum absolute atomic E-state index is 0.211. The molecule has 0 aromatic heterocycles. The maximum absolute atomic E-state index is 13.1. The monoisotopic (exact) mass is 198 g/mol. The molecule has 2 N–H and O–H groups in total. The Morgan fingerprint density at radius 3 is 2.64 bits per heavy atom. The third-order valence-electron chi connectivity index (χ3n) is 1.71. The lowest BCUT2D eigenvalue weighted by Gasteiger charge is -2.07. The van der Waals surface area contributed by atoms with E-state index >= 15 is 0 Å². The molecule has 6 heteroatoms. The number of methoxy groups -OCH3 is 1. The smallest absolute Gasteiger partial charge is 0.465 e. The van der Waals surface area contributed by atoms with Crippen molar-refractivity contribution in [2.24, 2.45) is 0 Å². The molecule has 0 saturated heterocycles. The summed E-state index contributed by atoms with van der Waals surface area (Å²) in [6.07, 6.45) is 0. The minimum atomic E-state index is -1.90. The number of hydrogen-bond donors (Lipinski definition) is 2. The second kappa shape index (κ2) is 4.21. The van der Waals surface area contributed by atoms with Crippen LogP contribution in [0.15, 0.2) is 18.2 Å². The molecule has 0 heterocycles. The average Bonchev–Trinajstić information content (AvgIpc) is 2.16. The molecular formula is C8H8BFO4. The molecule has 0 aliphatic heterocycles. The molecular weight excluding hydrogens is 190 g/mol. The summed E-state index contributed by atoms with van der Waals surface area (Å²) in [4.78, 5) is 11.1. The predicted molar refractivity (Wildman–Crippen MR) is 47.6 cm³/mol. The lowest BCUT2D eigenvalue weighted by atomic mass is 9.77. The average molecular weight is 198 g/mol. The molecule has 1 aromatic carbocycles. The van der Waals surface area contributed by atoms with Crippen LogP contribution in [0.5, 0.6) is 0 Å². The fourth-order valence-corrected chi connectivity index (χ4v) is 1.07. The summed E-state index contributed by atoms with van der Waals surface area (Å²) >= 11 is 0. The van der Waals surface area contributed by atoms with Gasteiger partial charge in [-0.05, 0) is 11.5 Å². The highest BCUT2D eigenvalue weighted by Gasteiger charge is 2.24. The summed E-state index contributed by atoms with van der Waals surface area (Å²) < 4.78 is 17.4. The normalized spacial score (nSPS) is 9.71. The van der Waals surface area contributed by atoms with Crippen molar-refractivity contribution < 1.29 is 24.0 Å². The highest BCUT2D eigenvalue weighted by atomic mass is 19.1. The number of hydrogen-bond acceptors (Lipinski definition) is 4. The fraction of sp³-hybridized carbons (Fsp3) is 0.125. The predicted octanol–water partition coefficient (Wildman–Crippen LogP) is -0.708. The van der Waals surface area contributed by atoms with Crippen LogP contribution in [-0.4, -0.2) is 30.2 Å². The number of rotatable bonds is 2. The standard InChI is InChI=1S/C8H8BFO4/c1-14-8(11)7-5(9(12)13)3-2-4-6(7)10/h2-4,12-13H,1H3. The van der Waals surface area contributed by atoms with Gasteiger partial charge in [0.05, 0.1) is 12.7 Å². The summed E-state index contributed by atoms with van der Waals surface area (Å²) in [6.45, 7) is 0. The summed E-state index contributed by atoms with van der Waals surface area (Å²) in [5.41, 5.74) is -0.665. The van der Waals surface area contributed by atoms with Crippen molar-refractivity contribution in [1.29, 1.82) is 0 Å². The Kier molecular flexibility index (Phi) is 3.21. The van der Waals surface area contributed by atoms with E-state index in [-0.39, 0.29) is 5.46 Å². The second-order valence-corrected chi connectivity index (χ2v) is 2.57. The first-order valence-electron chi connectivity index (χ1n) is 3.80. The van der Waals surface area contributed by atoms with Crippen molar-refractivity contribution in [1.82, 2.24) is 0 Å². The van der Waals surface area contributed by atoms with E-state index in [1.165, 1.54) is 12.1 Å². The van der Waals surface area contributed by atoms with Crippen LogP contribution in [0.3, 0.4) is 0 Å². The molecule has 0 fully saturated rings. The van der Waals surface area contributed by atoms with Crippen molar-refractivity contribution in [3.63, 3.8) is 0 Å². The van der Waals surface area contributed by atoms with Crippen molar-refractivity contribution >= 4 is 18.6 Å². The second-order valence-electron chi connectivity index (χ2n) is 2.57. The van der Waals surface area contributed by atoms with E-state index in [1.54, 1.807) is 0 Å². The zero-order valence-electron chi connectivity index (χ0n) is 7.40. The molecule has 0 unspecified atom stereocenters. The minimum Gasteiger partial charge on any atom is -0.465 e. The first-order valence-corrected chi connectivity index (χ1v) is 3.80. The van der Waals surface area contributed by atoms with Gasteiger partial charge >= 0.3 is 13.1 Å². The van der Waals surface area contributed by atoms with Crippen LogP contribution >= 0.6 is 0 Å². The Morgan fingerprint density at radius 1 is 1.50 bits per heavy atom. The molecule has 0 saturated carbocycles. The van der Waals surface area contributed by atoms with Crippen molar-refractivity contribution in [3.05, 3.63) is 29.6 Å². The molecule has 1 aromatic rings. The van der Waals surface area contributed by atoms with Crippen LogP contribution in [0, 0.1) is 5.82 Å². The molecule has 0 spiro atoms.